The predicted octanol–water partition coefficient (Wildman–Crippen LogP) is 2.72. The zero-order chi connectivity index (χ0) is 13.7. The van der Waals surface area contributed by atoms with Gasteiger partial charge in [0.15, 0.2) is 0 Å². The Labute approximate surface area is 117 Å². The molecule has 1 heterocycles. The Morgan fingerprint density at radius 1 is 1.21 bits per heavy atom. The fourth-order valence-electron chi connectivity index (χ4n) is 2.88. The lowest BCUT2D eigenvalue weighted by molar-refractivity contribution is 0.489. The average Bonchev–Trinajstić information content (AvgIpc) is 2.46. The second-order valence-electron chi connectivity index (χ2n) is 5.43. The van der Waals surface area contributed by atoms with E-state index in [2.05, 4.69) is 60.4 Å². The molecule has 0 fully saturated rings. The summed E-state index contributed by atoms with van der Waals surface area (Å²) in [4.78, 5) is 4.89. The summed E-state index contributed by atoms with van der Waals surface area (Å²) in [5.41, 5.74) is 2.77. The molecule has 0 aromatic heterocycles. The molecule has 0 bridgehead atoms. The van der Waals surface area contributed by atoms with Gasteiger partial charge in [-0.2, -0.15) is 0 Å². The minimum absolute atomic E-state index is 0.669. The van der Waals surface area contributed by atoms with Crippen LogP contribution in [0.2, 0.25) is 0 Å². The molecule has 0 saturated heterocycles. The third-order valence-corrected chi connectivity index (χ3v) is 4.22. The van der Waals surface area contributed by atoms with Gasteiger partial charge in [0, 0.05) is 32.7 Å². The molecular formula is C16H27N3. The van der Waals surface area contributed by atoms with Crippen molar-refractivity contribution in [2.75, 3.05) is 43.5 Å². The Morgan fingerprint density at radius 2 is 1.95 bits per heavy atom. The van der Waals surface area contributed by atoms with Crippen molar-refractivity contribution < 1.29 is 0 Å². The molecular weight excluding hydrogens is 234 g/mol. The number of likely N-dealkylation sites (N-methyl/N-ethyl adjacent to an activating group) is 1. The van der Waals surface area contributed by atoms with Crippen LogP contribution in [0.5, 0.6) is 0 Å². The number of nitrogens with one attached hydrogen (secondary N) is 1. The van der Waals surface area contributed by atoms with Crippen LogP contribution in [0.25, 0.3) is 0 Å². The topological polar surface area (TPSA) is 18.5 Å². The highest BCUT2D eigenvalue weighted by molar-refractivity contribution is 5.72. The highest BCUT2D eigenvalue weighted by Crippen LogP contribution is 2.31. The number of nitrogens with zero attached hydrogens (tertiary/aromatic N) is 2. The van der Waals surface area contributed by atoms with Crippen LogP contribution in [0.15, 0.2) is 24.3 Å². The molecule has 2 rings (SSSR count). The normalized spacial score (nSPS) is 16.4. The first kappa shape index (κ1) is 14.2. The van der Waals surface area contributed by atoms with E-state index >= 15 is 0 Å². The van der Waals surface area contributed by atoms with E-state index in [1.165, 1.54) is 37.2 Å². The van der Waals surface area contributed by atoms with Crippen molar-refractivity contribution in [1.29, 1.82) is 0 Å². The number of hydrogen-bond donors (Lipinski definition) is 1. The molecule has 0 saturated carbocycles. The molecule has 0 radical (unpaired) electrons. The molecule has 1 aliphatic heterocycles. The molecule has 1 unspecified atom stereocenters. The first-order valence-electron chi connectivity index (χ1n) is 7.48. The van der Waals surface area contributed by atoms with Gasteiger partial charge in [-0.05, 0) is 38.4 Å². The van der Waals surface area contributed by atoms with E-state index in [4.69, 9.17) is 0 Å². The number of anilines is 2. The van der Waals surface area contributed by atoms with Crippen LogP contribution in [0.1, 0.15) is 26.2 Å². The highest BCUT2D eigenvalue weighted by Gasteiger charge is 2.19. The minimum atomic E-state index is 0.669. The summed E-state index contributed by atoms with van der Waals surface area (Å²) in [6.07, 6.45) is 3.74. The van der Waals surface area contributed by atoms with Crippen LogP contribution in [0.3, 0.4) is 0 Å². The van der Waals surface area contributed by atoms with Gasteiger partial charge < -0.3 is 15.1 Å². The van der Waals surface area contributed by atoms with Crippen LogP contribution in [0.4, 0.5) is 11.4 Å². The van der Waals surface area contributed by atoms with Crippen molar-refractivity contribution in [3.63, 3.8) is 0 Å². The average molecular weight is 261 g/mol. The maximum Gasteiger partial charge on any atom is 0.0604 e. The Hall–Kier alpha value is -1.22. The maximum absolute atomic E-state index is 3.39. The van der Waals surface area contributed by atoms with E-state index < -0.39 is 0 Å². The van der Waals surface area contributed by atoms with Gasteiger partial charge in [-0.1, -0.05) is 19.1 Å². The van der Waals surface area contributed by atoms with Gasteiger partial charge in [-0.3, -0.25) is 0 Å². The van der Waals surface area contributed by atoms with Gasteiger partial charge in [0.05, 0.1) is 11.4 Å². The molecule has 3 nitrogen and oxygen atoms in total. The summed E-state index contributed by atoms with van der Waals surface area (Å²) in [7, 11) is 4.25. The van der Waals surface area contributed by atoms with E-state index in [-0.39, 0.29) is 0 Å². The minimum Gasteiger partial charge on any atom is -0.371 e. The maximum atomic E-state index is 3.39. The van der Waals surface area contributed by atoms with Gasteiger partial charge in [0.1, 0.15) is 0 Å². The van der Waals surface area contributed by atoms with E-state index in [1.54, 1.807) is 0 Å². The molecule has 106 valence electrons. The molecule has 1 aromatic carbocycles. The molecule has 0 spiro atoms. The Kier molecular flexibility index (Phi) is 5.08. The van der Waals surface area contributed by atoms with Crippen molar-refractivity contribution in [3.8, 4) is 0 Å². The SMILES string of the molecule is CCC(CCCN1CCN(C)c2ccccc21)NC. The second kappa shape index (κ2) is 6.80. The first-order chi connectivity index (χ1) is 9.26. The lowest BCUT2D eigenvalue weighted by Gasteiger charge is -2.37. The molecule has 19 heavy (non-hydrogen) atoms. The molecule has 1 aromatic rings. The number of para-hydroxylation sites is 2. The van der Waals surface area contributed by atoms with Gasteiger partial charge in [-0.25, -0.2) is 0 Å². The van der Waals surface area contributed by atoms with E-state index in [9.17, 15) is 0 Å². The van der Waals surface area contributed by atoms with Crippen molar-refractivity contribution in [1.82, 2.24) is 5.32 Å². The van der Waals surface area contributed by atoms with E-state index in [0.717, 1.165) is 13.1 Å². The van der Waals surface area contributed by atoms with Crippen molar-refractivity contribution in [3.05, 3.63) is 24.3 Å². The van der Waals surface area contributed by atoms with Gasteiger partial charge >= 0.3 is 0 Å². The summed E-state index contributed by atoms with van der Waals surface area (Å²) < 4.78 is 0. The lowest BCUT2D eigenvalue weighted by Crippen LogP contribution is -2.40. The van der Waals surface area contributed by atoms with Crippen molar-refractivity contribution >= 4 is 11.4 Å². The molecule has 3 heteroatoms. The number of fused-ring (bicyclic) bond motifs is 1. The predicted molar refractivity (Wildman–Crippen MR) is 84.3 cm³/mol. The van der Waals surface area contributed by atoms with Crippen LogP contribution in [0, 0.1) is 0 Å². The zero-order valence-electron chi connectivity index (χ0n) is 12.5. The molecule has 1 N–H and O–H groups in total. The smallest absolute Gasteiger partial charge is 0.0604 e. The van der Waals surface area contributed by atoms with E-state index in [1.807, 2.05) is 0 Å². The quantitative estimate of drug-likeness (QED) is 0.849. The van der Waals surface area contributed by atoms with Gasteiger partial charge in [0.2, 0.25) is 0 Å². The second-order valence-corrected chi connectivity index (χ2v) is 5.43. The third kappa shape index (κ3) is 3.41. The van der Waals surface area contributed by atoms with Crippen molar-refractivity contribution in [2.24, 2.45) is 0 Å². The van der Waals surface area contributed by atoms with Crippen molar-refractivity contribution in [2.45, 2.75) is 32.2 Å². The standard InChI is InChI=1S/C16H27N3/c1-4-14(17-2)8-7-11-19-13-12-18(3)15-9-5-6-10-16(15)19/h5-6,9-10,14,17H,4,7-8,11-13H2,1-3H3. The largest absolute Gasteiger partial charge is 0.371 e. The summed E-state index contributed by atoms with van der Waals surface area (Å²) in [6, 6.07) is 9.42. The summed E-state index contributed by atoms with van der Waals surface area (Å²) in [5, 5.41) is 3.39. The molecule has 0 amide bonds. The molecule has 1 atom stereocenters. The summed E-state index contributed by atoms with van der Waals surface area (Å²) in [5.74, 6) is 0. The molecule has 0 aliphatic carbocycles. The number of rotatable bonds is 6. The van der Waals surface area contributed by atoms with Crippen LogP contribution >= 0.6 is 0 Å². The fraction of sp³-hybridized carbons (Fsp3) is 0.625. The Morgan fingerprint density at radius 3 is 2.63 bits per heavy atom. The van der Waals surface area contributed by atoms with Gasteiger partial charge in [0.25, 0.3) is 0 Å². The number of benzene rings is 1. The Balaban J connectivity index is 1.93. The zero-order valence-corrected chi connectivity index (χ0v) is 12.5. The summed E-state index contributed by atoms with van der Waals surface area (Å²) in [6.45, 7) is 5.69. The first-order valence-corrected chi connectivity index (χ1v) is 7.48. The van der Waals surface area contributed by atoms with Crippen LogP contribution in [-0.2, 0) is 0 Å². The van der Waals surface area contributed by atoms with Crippen LogP contribution < -0.4 is 15.1 Å². The lowest BCUT2D eigenvalue weighted by atomic mass is 10.1. The fourth-order valence-corrected chi connectivity index (χ4v) is 2.88. The van der Waals surface area contributed by atoms with Crippen LogP contribution in [-0.4, -0.2) is 39.8 Å². The van der Waals surface area contributed by atoms with E-state index in [0.29, 0.717) is 6.04 Å². The van der Waals surface area contributed by atoms with Gasteiger partial charge in [-0.15, -0.1) is 0 Å². The highest BCUT2D eigenvalue weighted by atomic mass is 15.2. The third-order valence-electron chi connectivity index (χ3n) is 4.22. The monoisotopic (exact) mass is 261 g/mol. The molecule has 1 aliphatic rings. The Bertz CT molecular complexity index is 387. The number of hydrogen-bond acceptors (Lipinski definition) is 3. The summed E-state index contributed by atoms with van der Waals surface area (Å²) >= 11 is 0.